The van der Waals surface area contributed by atoms with E-state index >= 15 is 0 Å². The van der Waals surface area contributed by atoms with Gasteiger partial charge in [-0.15, -0.1) is 0 Å². The fourth-order valence-corrected chi connectivity index (χ4v) is 5.16. The van der Waals surface area contributed by atoms with Crippen LogP contribution in [0.5, 0.6) is 11.5 Å². The van der Waals surface area contributed by atoms with Gasteiger partial charge < -0.3 is 14.4 Å². The number of piperidine rings is 1. The molecule has 0 aliphatic carbocycles. The average Bonchev–Trinajstić information content (AvgIpc) is 3.16. The van der Waals surface area contributed by atoms with E-state index in [2.05, 4.69) is 5.43 Å². The number of halogens is 1. The Morgan fingerprint density at radius 2 is 1.81 bits per heavy atom. The van der Waals surface area contributed by atoms with Crippen LogP contribution in [0.2, 0.25) is 5.02 Å². The molecule has 2 aliphatic rings. The van der Waals surface area contributed by atoms with Gasteiger partial charge in [-0.3, -0.25) is 19.8 Å². The van der Waals surface area contributed by atoms with Gasteiger partial charge in [0.2, 0.25) is 0 Å². The van der Waals surface area contributed by atoms with Crippen molar-refractivity contribution in [3.05, 3.63) is 63.5 Å². The number of thiocarbonyl (C=S) groups is 1. The number of hydrogen-bond donors (Lipinski definition) is 1. The fraction of sp³-hybridized carbons (Fsp3) is 0.308. The number of rotatable bonds is 8. The molecule has 2 fully saturated rings. The van der Waals surface area contributed by atoms with Crippen LogP contribution in [0.25, 0.3) is 6.08 Å². The molecule has 2 saturated heterocycles. The largest absolute Gasteiger partial charge is 0.490 e. The molecule has 3 amide bonds. The number of thioether (sulfide) groups is 1. The molecule has 1 N–H and O–H groups in total. The number of carbonyl (C=O) groups is 3. The van der Waals surface area contributed by atoms with Crippen LogP contribution in [0.4, 0.5) is 0 Å². The van der Waals surface area contributed by atoms with Crippen LogP contribution < -0.4 is 14.9 Å². The van der Waals surface area contributed by atoms with Crippen molar-refractivity contribution < 1.29 is 23.9 Å². The van der Waals surface area contributed by atoms with Crippen molar-refractivity contribution in [2.75, 3.05) is 26.3 Å². The molecular formula is C26H26ClN3O5S2. The van der Waals surface area contributed by atoms with Crippen molar-refractivity contribution in [2.24, 2.45) is 0 Å². The molecular weight excluding hydrogens is 534 g/mol. The first-order chi connectivity index (χ1) is 17.9. The summed E-state index contributed by atoms with van der Waals surface area (Å²) >= 11 is 12.3. The molecule has 2 aromatic carbocycles. The van der Waals surface area contributed by atoms with E-state index < -0.39 is 11.8 Å². The maximum atomic E-state index is 13.0. The maximum Gasteiger partial charge on any atom is 0.285 e. The van der Waals surface area contributed by atoms with Gasteiger partial charge in [-0.05, 0) is 86.4 Å². The number of ether oxygens (including phenoxy) is 2. The van der Waals surface area contributed by atoms with Gasteiger partial charge in [0.25, 0.3) is 17.7 Å². The first kappa shape index (κ1) is 27.0. The summed E-state index contributed by atoms with van der Waals surface area (Å²) in [5, 5.41) is 1.55. The minimum atomic E-state index is -0.478. The third kappa shape index (κ3) is 6.82. The van der Waals surface area contributed by atoms with Gasteiger partial charge in [0, 0.05) is 23.7 Å². The van der Waals surface area contributed by atoms with Gasteiger partial charge in [-0.25, -0.2) is 0 Å². The van der Waals surface area contributed by atoms with Gasteiger partial charge in [0.15, 0.2) is 22.4 Å². The number of benzene rings is 2. The molecule has 0 aromatic heterocycles. The SMILES string of the molecule is CCOc1cc(/C=C2/SC(=S)N(NC(=O)c3ccc(Cl)cc3)C2=O)ccc1OCC(=O)N1CCCCC1. The van der Waals surface area contributed by atoms with Gasteiger partial charge in [-0.1, -0.05) is 29.4 Å². The Morgan fingerprint density at radius 1 is 1.08 bits per heavy atom. The molecule has 8 nitrogen and oxygen atoms in total. The van der Waals surface area contributed by atoms with Crippen LogP contribution in [0.3, 0.4) is 0 Å². The summed E-state index contributed by atoms with van der Waals surface area (Å²) in [4.78, 5) is 40.1. The van der Waals surface area contributed by atoms with E-state index in [0.29, 0.717) is 39.2 Å². The summed E-state index contributed by atoms with van der Waals surface area (Å²) < 4.78 is 11.7. The van der Waals surface area contributed by atoms with E-state index in [4.69, 9.17) is 33.3 Å². The molecule has 0 saturated carbocycles. The topological polar surface area (TPSA) is 88.2 Å². The number of hydrazine groups is 1. The minimum absolute atomic E-state index is 0.0458. The lowest BCUT2D eigenvalue weighted by atomic mass is 10.1. The molecule has 37 heavy (non-hydrogen) atoms. The van der Waals surface area contributed by atoms with Crippen molar-refractivity contribution >= 4 is 63.7 Å². The Hall–Kier alpha value is -3.08. The molecule has 194 valence electrons. The zero-order valence-corrected chi connectivity index (χ0v) is 22.6. The van der Waals surface area contributed by atoms with E-state index in [-0.39, 0.29) is 16.8 Å². The highest BCUT2D eigenvalue weighted by molar-refractivity contribution is 8.26. The van der Waals surface area contributed by atoms with Crippen LogP contribution in [0, 0.1) is 0 Å². The van der Waals surface area contributed by atoms with E-state index in [1.54, 1.807) is 48.5 Å². The molecule has 2 aliphatic heterocycles. The Bertz CT molecular complexity index is 1230. The van der Waals surface area contributed by atoms with Gasteiger partial charge in [0.1, 0.15) is 0 Å². The second kappa shape index (κ2) is 12.4. The zero-order chi connectivity index (χ0) is 26.4. The molecule has 0 unspecified atom stereocenters. The number of amides is 3. The predicted molar refractivity (Wildman–Crippen MR) is 147 cm³/mol. The van der Waals surface area contributed by atoms with Crippen molar-refractivity contribution in [3.8, 4) is 11.5 Å². The third-order valence-electron chi connectivity index (χ3n) is 5.74. The first-order valence-corrected chi connectivity index (χ1v) is 13.5. The van der Waals surface area contributed by atoms with E-state index in [1.807, 2.05) is 11.8 Å². The van der Waals surface area contributed by atoms with Gasteiger partial charge >= 0.3 is 0 Å². The van der Waals surface area contributed by atoms with E-state index in [9.17, 15) is 14.4 Å². The Labute approximate surface area is 229 Å². The first-order valence-electron chi connectivity index (χ1n) is 11.9. The lowest BCUT2D eigenvalue weighted by molar-refractivity contribution is -0.134. The minimum Gasteiger partial charge on any atom is -0.490 e. The molecule has 0 atom stereocenters. The molecule has 4 rings (SSSR count). The number of hydrogen-bond acceptors (Lipinski definition) is 7. The fourth-order valence-electron chi connectivity index (χ4n) is 3.86. The van der Waals surface area contributed by atoms with Gasteiger partial charge in [0.05, 0.1) is 11.5 Å². The molecule has 0 bridgehead atoms. The van der Waals surface area contributed by atoms with Crippen molar-refractivity contribution in [1.82, 2.24) is 15.3 Å². The zero-order valence-electron chi connectivity index (χ0n) is 20.2. The van der Waals surface area contributed by atoms with Crippen LogP contribution in [-0.4, -0.2) is 58.3 Å². The van der Waals surface area contributed by atoms with Crippen LogP contribution in [0.1, 0.15) is 42.1 Å². The van der Waals surface area contributed by atoms with Crippen molar-refractivity contribution in [2.45, 2.75) is 26.2 Å². The van der Waals surface area contributed by atoms with Crippen molar-refractivity contribution in [1.29, 1.82) is 0 Å². The van der Waals surface area contributed by atoms with Crippen LogP contribution >= 0.6 is 35.6 Å². The van der Waals surface area contributed by atoms with Crippen LogP contribution in [-0.2, 0) is 9.59 Å². The van der Waals surface area contributed by atoms with Crippen LogP contribution in [0.15, 0.2) is 47.4 Å². The van der Waals surface area contributed by atoms with Crippen molar-refractivity contribution in [3.63, 3.8) is 0 Å². The summed E-state index contributed by atoms with van der Waals surface area (Å²) in [5.74, 6) is -0.0481. The molecule has 0 spiro atoms. The lowest BCUT2D eigenvalue weighted by Gasteiger charge is -2.26. The number of nitrogens with one attached hydrogen (secondary N) is 1. The normalized spacial score (nSPS) is 16.8. The summed E-state index contributed by atoms with van der Waals surface area (Å²) in [7, 11) is 0. The van der Waals surface area contributed by atoms with E-state index in [1.165, 1.54) is 0 Å². The second-order valence-electron chi connectivity index (χ2n) is 8.33. The highest BCUT2D eigenvalue weighted by atomic mass is 35.5. The number of carbonyl (C=O) groups excluding carboxylic acids is 3. The molecule has 2 heterocycles. The summed E-state index contributed by atoms with van der Waals surface area (Å²) in [6, 6.07) is 11.5. The van der Waals surface area contributed by atoms with E-state index in [0.717, 1.165) is 49.1 Å². The monoisotopic (exact) mass is 559 g/mol. The standard InChI is InChI=1S/C26H26ClN3O5S2/c1-2-34-21-14-17(6-11-20(21)35-16-23(31)29-12-4-3-5-13-29)15-22-25(33)30(26(36)37-22)28-24(32)18-7-9-19(27)10-8-18/h6-11,14-15H,2-5,12-13,16H2,1H3,(H,28,32)/b22-15+. The third-order valence-corrected chi connectivity index (χ3v) is 7.29. The Balaban J connectivity index is 1.44. The smallest absolute Gasteiger partial charge is 0.285 e. The molecule has 11 heteroatoms. The summed E-state index contributed by atoms with van der Waals surface area (Å²) in [6.45, 7) is 3.71. The number of likely N-dealkylation sites (tertiary alicyclic amines) is 1. The highest BCUT2D eigenvalue weighted by Crippen LogP contribution is 2.34. The molecule has 2 aromatic rings. The summed E-state index contributed by atoms with van der Waals surface area (Å²) in [5.41, 5.74) is 3.57. The maximum absolute atomic E-state index is 13.0. The predicted octanol–water partition coefficient (Wildman–Crippen LogP) is 4.68. The quantitative estimate of drug-likeness (QED) is 0.371. The summed E-state index contributed by atoms with van der Waals surface area (Å²) in [6.07, 6.45) is 4.84. The lowest BCUT2D eigenvalue weighted by Crippen LogP contribution is -2.44. The van der Waals surface area contributed by atoms with Gasteiger partial charge in [-0.2, -0.15) is 5.01 Å². The highest BCUT2D eigenvalue weighted by Gasteiger charge is 2.34. The Morgan fingerprint density at radius 3 is 2.51 bits per heavy atom. The second-order valence-corrected chi connectivity index (χ2v) is 10.4. The Kier molecular flexibility index (Phi) is 9.07. The number of nitrogens with zero attached hydrogens (tertiary/aromatic N) is 2. The molecule has 0 radical (unpaired) electrons. The average molecular weight is 560 g/mol.